The van der Waals surface area contributed by atoms with Gasteiger partial charge in [0.25, 0.3) is 0 Å². The number of rotatable bonds is 4. The largest absolute Gasteiger partial charge is 0.465 e. The fourth-order valence-corrected chi connectivity index (χ4v) is 1.59. The van der Waals surface area contributed by atoms with Gasteiger partial charge in [-0.15, -0.1) is 0 Å². The minimum absolute atomic E-state index is 0.0706. The van der Waals surface area contributed by atoms with Crippen molar-refractivity contribution in [3.05, 3.63) is 0 Å². The van der Waals surface area contributed by atoms with E-state index in [0.29, 0.717) is 19.4 Å². The van der Waals surface area contributed by atoms with Crippen molar-refractivity contribution in [1.29, 1.82) is 0 Å². The fourth-order valence-electron chi connectivity index (χ4n) is 1.59. The quantitative estimate of drug-likeness (QED) is 0.503. The normalized spacial score (nSPS) is 18.9. The lowest BCUT2D eigenvalue weighted by atomic mass is 9.66. The van der Waals surface area contributed by atoms with Crippen molar-refractivity contribution < 1.29 is 14.3 Å². The molecule has 0 bridgehead atoms. The van der Waals surface area contributed by atoms with Crippen molar-refractivity contribution in [2.24, 2.45) is 11.1 Å². The van der Waals surface area contributed by atoms with Gasteiger partial charge in [-0.1, -0.05) is 6.42 Å². The molecule has 1 aliphatic carbocycles. The molecule has 1 fully saturated rings. The van der Waals surface area contributed by atoms with Crippen LogP contribution in [-0.4, -0.2) is 24.9 Å². The summed E-state index contributed by atoms with van der Waals surface area (Å²) in [4.78, 5) is 22.9. The molecule has 0 aliphatic heterocycles. The minimum atomic E-state index is -0.884. The molecule has 1 saturated carbocycles. The zero-order chi connectivity index (χ0) is 9.90. The standard InChI is InChI=1S/C9H15NO3/c1-2-13-8(12)9(4-3-5-9)7(11)6-10/h2-6,10H2,1H3. The van der Waals surface area contributed by atoms with Gasteiger partial charge in [0.2, 0.25) is 0 Å². The molecule has 1 rings (SSSR count). The molecular weight excluding hydrogens is 170 g/mol. The van der Waals surface area contributed by atoms with Crippen LogP contribution in [0.4, 0.5) is 0 Å². The first-order valence-corrected chi connectivity index (χ1v) is 4.58. The lowest BCUT2D eigenvalue weighted by molar-refractivity contribution is -0.165. The van der Waals surface area contributed by atoms with E-state index in [1.165, 1.54) is 0 Å². The fraction of sp³-hybridized carbons (Fsp3) is 0.778. The van der Waals surface area contributed by atoms with Crippen molar-refractivity contribution in [2.45, 2.75) is 26.2 Å². The smallest absolute Gasteiger partial charge is 0.319 e. The number of Topliss-reactive ketones (excluding diaryl/α,β-unsaturated/α-hetero) is 1. The van der Waals surface area contributed by atoms with Gasteiger partial charge in [-0.2, -0.15) is 0 Å². The van der Waals surface area contributed by atoms with Crippen LogP contribution < -0.4 is 5.73 Å². The van der Waals surface area contributed by atoms with Crippen LogP contribution >= 0.6 is 0 Å². The summed E-state index contributed by atoms with van der Waals surface area (Å²) >= 11 is 0. The Balaban J connectivity index is 2.69. The first-order valence-electron chi connectivity index (χ1n) is 4.58. The number of esters is 1. The molecule has 0 aromatic heterocycles. The third-order valence-electron chi connectivity index (χ3n) is 2.59. The third kappa shape index (κ3) is 1.58. The molecule has 0 radical (unpaired) electrons. The highest BCUT2D eigenvalue weighted by Crippen LogP contribution is 2.42. The third-order valence-corrected chi connectivity index (χ3v) is 2.59. The summed E-state index contributed by atoms with van der Waals surface area (Å²) in [5, 5.41) is 0. The van der Waals surface area contributed by atoms with E-state index in [2.05, 4.69) is 0 Å². The second-order valence-electron chi connectivity index (χ2n) is 3.28. The van der Waals surface area contributed by atoms with Crippen LogP contribution in [0.1, 0.15) is 26.2 Å². The first-order chi connectivity index (χ1) is 6.17. The van der Waals surface area contributed by atoms with E-state index in [0.717, 1.165) is 6.42 Å². The van der Waals surface area contributed by atoms with Crippen LogP contribution in [0.15, 0.2) is 0 Å². The van der Waals surface area contributed by atoms with Crippen molar-refractivity contribution in [3.8, 4) is 0 Å². The Hall–Kier alpha value is -0.900. The van der Waals surface area contributed by atoms with Gasteiger partial charge in [-0.3, -0.25) is 9.59 Å². The Bertz CT molecular complexity index is 221. The molecule has 1 aliphatic rings. The zero-order valence-electron chi connectivity index (χ0n) is 7.84. The van der Waals surface area contributed by atoms with E-state index in [1.807, 2.05) is 0 Å². The van der Waals surface area contributed by atoms with Gasteiger partial charge in [0.1, 0.15) is 5.41 Å². The number of carbonyl (C=O) groups excluding carboxylic acids is 2. The summed E-state index contributed by atoms with van der Waals surface area (Å²) in [6.45, 7) is 1.98. The molecule has 0 heterocycles. The lowest BCUT2D eigenvalue weighted by Crippen LogP contribution is -2.48. The Morgan fingerprint density at radius 1 is 1.46 bits per heavy atom. The highest BCUT2D eigenvalue weighted by atomic mass is 16.5. The summed E-state index contributed by atoms with van der Waals surface area (Å²) in [5.41, 5.74) is 4.36. The number of carbonyl (C=O) groups is 2. The number of hydrogen-bond donors (Lipinski definition) is 1. The average molecular weight is 185 g/mol. The highest BCUT2D eigenvalue weighted by molar-refractivity contribution is 6.05. The molecule has 2 N–H and O–H groups in total. The molecule has 4 nitrogen and oxygen atoms in total. The Kier molecular flexibility index (Phi) is 3.03. The lowest BCUT2D eigenvalue weighted by Gasteiger charge is -2.37. The SMILES string of the molecule is CCOC(=O)C1(C(=O)CN)CCC1. The van der Waals surface area contributed by atoms with Gasteiger partial charge in [0.15, 0.2) is 5.78 Å². The Labute approximate surface area is 77.4 Å². The van der Waals surface area contributed by atoms with E-state index < -0.39 is 11.4 Å². The summed E-state index contributed by atoms with van der Waals surface area (Å²) in [5.74, 6) is -0.575. The van der Waals surface area contributed by atoms with Gasteiger partial charge >= 0.3 is 5.97 Å². The van der Waals surface area contributed by atoms with Gasteiger partial charge in [0.05, 0.1) is 13.2 Å². The molecule has 0 spiro atoms. The summed E-state index contributed by atoms with van der Waals surface area (Å²) in [6.07, 6.45) is 2.11. The van der Waals surface area contributed by atoms with E-state index in [9.17, 15) is 9.59 Å². The molecule has 0 atom stereocenters. The molecule has 0 unspecified atom stereocenters. The van der Waals surface area contributed by atoms with Crippen LogP contribution in [0, 0.1) is 5.41 Å². The number of hydrogen-bond acceptors (Lipinski definition) is 4. The van der Waals surface area contributed by atoms with Crippen molar-refractivity contribution in [3.63, 3.8) is 0 Å². The van der Waals surface area contributed by atoms with Crippen molar-refractivity contribution in [2.75, 3.05) is 13.2 Å². The second kappa shape index (κ2) is 3.87. The van der Waals surface area contributed by atoms with E-state index in [4.69, 9.17) is 10.5 Å². The predicted octanol–water partition coefficient (Wildman–Crippen LogP) is 0.248. The van der Waals surface area contributed by atoms with Gasteiger partial charge in [-0.05, 0) is 19.8 Å². The van der Waals surface area contributed by atoms with E-state index in [1.54, 1.807) is 6.92 Å². The molecule has 0 aromatic carbocycles. The Morgan fingerprint density at radius 2 is 2.08 bits per heavy atom. The number of ether oxygens (including phenoxy) is 1. The predicted molar refractivity (Wildman–Crippen MR) is 47.0 cm³/mol. The molecule has 0 aromatic rings. The molecular formula is C9H15NO3. The summed E-state index contributed by atoms with van der Waals surface area (Å²) in [6, 6.07) is 0. The maximum Gasteiger partial charge on any atom is 0.319 e. The van der Waals surface area contributed by atoms with Crippen LogP contribution in [0.5, 0.6) is 0 Å². The molecule has 0 saturated heterocycles. The monoisotopic (exact) mass is 185 g/mol. The maximum absolute atomic E-state index is 11.4. The van der Waals surface area contributed by atoms with E-state index >= 15 is 0 Å². The molecule has 4 heteroatoms. The minimum Gasteiger partial charge on any atom is -0.465 e. The van der Waals surface area contributed by atoms with Crippen LogP contribution in [0.25, 0.3) is 0 Å². The topological polar surface area (TPSA) is 69.4 Å². The van der Waals surface area contributed by atoms with E-state index in [-0.39, 0.29) is 12.3 Å². The van der Waals surface area contributed by atoms with Crippen LogP contribution in [0.2, 0.25) is 0 Å². The molecule has 13 heavy (non-hydrogen) atoms. The van der Waals surface area contributed by atoms with Crippen LogP contribution in [0.3, 0.4) is 0 Å². The summed E-state index contributed by atoms with van der Waals surface area (Å²) < 4.78 is 4.86. The highest BCUT2D eigenvalue weighted by Gasteiger charge is 2.50. The van der Waals surface area contributed by atoms with Gasteiger partial charge in [0, 0.05) is 0 Å². The first kappa shape index (κ1) is 10.2. The van der Waals surface area contributed by atoms with Gasteiger partial charge in [-0.25, -0.2) is 0 Å². The van der Waals surface area contributed by atoms with Crippen molar-refractivity contribution in [1.82, 2.24) is 0 Å². The Morgan fingerprint density at radius 3 is 2.38 bits per heavy atom. The summed E-state index contributed by atoms with van der Waals surface area (Å²) in [7, 11) is 0. The number of ketones is 1. The van der Waals surface area contributed by atoms with Gasteiger partial charge < -0.3 is 10.5 Å². The molecule has 74 valence electrons. The average Bonchev–Trinajstić information content (AvgIpc) is 2.02. The zero-order valence-corrected chi connectivity index (χ0v) is 7.84. The van der Waals surface area contributed by atoms with Crippen molar-refractivity contribution >= 4 is 11.8 Å². The van der Waals surface area contributed by atoms with Crippen LogP contribution in [-0.2, 0) is 14.3 Å². The second-order valence-corrected chi connectivity index (χ2v) is 3.28. The number of nitrogens with two attached hydrogens (primary N) is 1. The molecule has 0 amide bonds. The maximum atomic E-state index is 11.4.